The van der Waals surface area contributed by atoms with Crippen LogP contribution in [0.3, 0.4) is 0 Å². The molecule has 1 fully saturated rings. The second kappa shape index (κ2) is 2.96. The van der Waals surface area contributed by atoms with Gasteiger partial charge in [0.25, 0.3) is 0 Å². The molecular weight excluding hydrogens is 146 g/mol. The average Bonchev–Trinajstić information content (AvgIpc) is 2.63. The van der Waals surface area contributed by atoms with Crippen LogP contribution in [0, 0.1) is 5.92 Å². The number of nitrogens with zero attached hydrogens (tertiary/aromatic N) is 1. The highest BCUT2D eigenvalue weighted by Crippen LogP contribution is 2.29. The summed E-state index contributed by atoms with van der Waals surface area (Å²) in [4.78, 5) is 0. The quantitative estimate of drug-likeness (QED) is 0.351. The van der Waals surface area contributed by atoms with E-state index in [0.29, 0.717) is 5.92 Å². The molecule has 0 amide bonds. The van der Waals surface area contributed by atoms with Crippen LogP contribution in [0.2, 0.25) is 0 Å². The maximum atomic E-state index is 5.17. The number of rotatable bonds is 2. The van der Waals surface area contributed by atoms with Crippen LogP contribution in [0.1, 0.15) is 19.8 Å². The third-order valence-corrected chi connectivity index (χ3v) is 1.60. The fourth-order valence-electron chi connectivity index (χ4n) is 0.736. The molecule has 1 rings (SSSR count). The lowest BCUT2D eigenvalue weighted by atomic mass is 10.3. The van der Waals surface area contributed by atoms with Crippen molar-refractivity contribution in [2.45, 2.75) is 19.8 Å². The molecule has 0 bridgehead atoms. The summed E-state index contributed by atoms with van der Waals surface area (Å²) in [5.41, 5.74) is 8.84. The first-order valence-electron chi connectivity index (χ1n) is 3.30. The lowest BCUT2D eigenvalue weighted by molar-refractivity contribution is 0.993. The molecule has 1 aliphatic carbocycles. The zero-order valence-electron chi connectivity index (χ0n) is 5.92. The molecule has 0 aromatic carbocycles. The van der Waals surface area contributed by atoms with Crippen LogP contribution in [0.15, 0.2) is 5.10 Å². The Labute approximate surface area is 65.7 Å². The average molecular weight is 157 g/mol. The summed E-state index contributed by atoms with van der Waals surface area (Å²) in [5.74, 6) is 0.682. The zero-order chi connectivity index (χ0) is 7.56. The van der Waals surface area contributed by atoms with E-state index in [1.165, 1.54) is 12.8 Å². The Morgan fingerprint density at radius 3 is 2.70 bits per heavy atom. The fraction of sp³-hybridized carbons (Fsp3) is 0.667. The molecule has 3 N–H and O–H groups in total. The van der Waals surface area contributed by atoms with E-state index in [1.807, 2.05) is 6.92 Å². The molecule has 0 atom stereocenters. The number of hydrogen-bond donors (Lipinski definition) is 2. The molecule has 1 saturated carbocycles. The number of nitrogens with one attached hydrogen (secondary N) is 1. The van der Waals surface area contributed by atoms with E-state index in [9.17, 15) is 0 Å². The molecule has 56 valence electrons. The summed E-state index contributed by atoms with van der Waals surface area (Å²) in [7, 11) is 0. The van der Waals surface area contributed by atoms with Crippen LogP contribution >= 0.6 is 12.2 Å². The minimum absolute atomic E-state index is 0.236. The van der Waals surface area contributed by atoms with Crippen molar-refractivity contribution in [2.24, 2.45) is 16.8 Å². The van der Waals surface area contributed by atoms with Crippen molar-refractivity contribution in [1.29, 1.82) is 0 Å². The SMILES string of the molecule is C/C(=N\NC(N)=S)C1CC1. The predicted molar refractivity (Wildman–Crippen MR) is 45.8 cm³/mol. The van der Waals surface area contributed by atoms with Gasteiger partial charge in [0.15, 0.2) is 5.11 Å². The highest BCUT2D eigenvalue weighted by atomic mass is 32.1. The van der Waals surface area contributed by atoms with Crippen LogP contribution in [0.5, 0.6) is 0 Å². The van der Waals surface area contributed by atoms with Crippen LogP contribution < -0.4 is 11.2 Å². The van der Waals surface area contributed by atoms with E-state index in [0.717, 1.165) is 5.71 Å². The lowest BCUT2D eigenvalue weighted by Crippen LogP contribution is -2.25. The van der Waals surface area contributed by atoms with Gasteiger partial charge in [0.2, 0.25) is 0 Å². The zero-order valence-corrected chi connectivity index (χ0v) is 6.74. The second-order valence-electron chi connectivity index (χ2n) is 2.50. The molecule has 0 aromatic heterocycles. The highest BCUT2D eigenvalue weighted by Gasteiger charge is 2.24. The van der Waals surface area contributed by atoms with Crippen molar-refractivity contribution in [3.63, 3.8) is 0 Å². The highest BCUT2D eigenvalue weighted by molar-refractivity contribution is 7.80. The first-order chi connectivity index (χ1) is 4.70. The fourth-order valence-corrected chi connectivity index (χ4v) is 0.781. The molecule has 0 aromatic rings. The van der Waals surface area contributed by atoms with Crippen LogP contribution in [0.25, 0.3) is 0 Å². The van der Waals surface area contributed by atoms with Gasteiger partial charge in [0.05, 0.1) is 0 Å². The Bertz CT molecular complexity index is 172. The molecule has 10 heavy (non-hydrogen) atoms. The summed E-state index contributed by atoms with van der Waals surface area (Å²) in [6, 6.07) is 0. The summed E-state index contributed by atoms with van der Waals surface area (Å²) in [5, 5.41) is 4.22. The van der Waals surface area contributed by atoms with Gasteiger partial charge in [-0.15, -0.1) is 0 Å². The van der Waals surface area contributed by atoms with Crippen LogP contribution in [-0.2, 0) is 0 Å². The first-order valence-corrected chi connectivity index (χ1v) is 3.70. The monoisotopic (exact) mass is 157 g/mol. The van der Waals surface area contributed by atoms with Gasteiger partial charge in [0.1, 0.15) is 0 Å². The van der Waals surface area contributed by atoms with Crippen molar-refractivity contribution in [3.8, 4) is 0 Å². The molecule has 0 heterocycles. The van der Waals surface area contributed by atoms with Crippen molar-refractivity contribution >= 4 is 23.0 Å². The van der Waals surface area contributed by atoms with E-state index >= 15 is 0 Å². The molecule has 4 heteroatoms. The van der Waals surface area contributed by atoms with Crippen LogP contribution in [0.4, 0.5) is 0 Å². The molecule has 0 saturated heterocycles. The predicted octanol–water partition coefficient (Wildman–Crippen LogP) is 0.605. The third-order valence-electron chi connectivity index (χ3n) is 1.51. The second-order valence-corrected chi connectivity index (χ2v) is 2.94. The van der Waals surface area contributed by atoms with Crippen molar-refractivity contribution in [2.75, 3.05) is 0 Å². The van der Waals surface area contributed by atoms with Gasteiger partial charge in [-0.05, 0) is 37.9 Å². The maximum absolute atomic E-state index is 5.17. The van der Waals surface area contributed by atoms with Gasteiger partial charge in [0, 0.05) is 5.71 Å². The van der Waals surface area contributed by atoms with Gasteiger partial charge in [-0.1, -0.05) is 0 Å². The summed E-state index contributed by atoms with van der Waals surface area (Å²) >= 11 is 4.58. The summed E-state index contributed by atoms with van der Waals surface area (Å²) in [6.45, 7) is 1.99. The molecule has 0 aliphatic heterocycles. The number of thiocarbonyl (C=S) groups is 1. The molecule has 1 aliphatic rings. The summed E-state index contributed by atoms with van der Waals surface area (Å²) < 4.78 is 0. The Morgan fingerprint density at radius 2 is 2.30 bits per heavy atom. The normalized spacial score (nSPS) is 18.7. The number of nitrogens with two attached hydrogens (primary N) is 1. The Hall–Kier alpha value is -0.640. The lowest BCUT2D eigenvalue weighted by Gasteiger charge is -1.97. The minimum Gasteiger partial charge on any atom is -0.375 e. The van der Waals surface area contributed by atoms with E-state index in [2.05, 4.69) is 22.7 Å². The van der Waals surface area contributed by atoms with E-state index < -0.39 is 0 Å². The molecule has 0 unspecified atom stereocenters. The topological polar surface area (TPSA) is 50.4 Å². The molecule has 0 radical (unpaired) electrons. The molecular formula is C6H11N3S. The van der Waals surface area contributed by atoms with Gasteiger partial charge in [-0.2, -0.15) is 5.10 Å². The van der Waals surface area contributed by atoms with Crippen molar-refractivity contribution < 1.29 is 0 Å². The van der Waals surface area contributed by atoms with Gasteiger partial charge in [-0.25, -0.2) is 0 Å². The molecule has 3 nitrogen and oxygen atoms in total. The van der Waals surface area contributed by atoms with E-state index in [1.54, 1.807) is 0 Å². The molecule has 0 spiro atoms. The third kappa shape index (κ3) is 2.31. The Morgan fingerprint density at radius 1 is 1.70 bits per heavy atom. The number of hydrogen-bond acceptors (Lipinski definition) is 2. The van der Waals surface area contributed by atoms with Crippen molar-refractivity contribution in [1.82, 2.24) is 5.43 Å². The van der Waals surface area contributed by atoms with Gasteiger partial charge in [-0.3, -0.25) is 5.43 Å². The van der Waals surface area contributed by atoms with E-state index in [-0.39, 0.29) is 5.11 Å². The number of hydrazone groups is 1. The largest absolute Gasteiger partial charge is 0.375 e. The Balaban J connectivity index is 2.30. The first kappa shape index (κ1) is 7.47. The van der Waals surface area contributed by atoms with Gasteiger partial charge >= 0.3 is 0 Å². The summed E-state index contributed by atoms with van der Waals surface area (Å²) in [6.07, 6.45) is 2.52. The van der Waals surface area contributed by atoms with Crippen LogP contribution in [-0.4, -0.2) is 10.8 Å². The smallest absolute Gasteiger partial charge is 0.184 e. The standard InChI is InChI=1S/C6H11N3S/c1-4(5-2-3-5)8-9-6(7)10/h5H,2-3H2,1H3,(H3,7,9,10)/b8-4+. The van der Waals surface area contributed by atoms with Gasteiger partial charge < -0.3 is 5.73 Å². The van der Waals surface area contributed by atoms with E-state index in [4.69, 9.17) is 5.73 Å². The maximum Gasteiger partial charge on any atom is 0.184 e. The minimum atomic E-state index is 0.236. The Kier molecular flexibility index (Phi) is 2.21. The van der Waals surface area contributed by atoms with Crippen molar-refractivity contribution in [3.05, 3.63) is 0 Å².